The molecule has 5 aliphatic rings. The normalized spacial score (nSPS) is 31.0. The average Bonchev–Trinajstić information content (AvgIpc) is 3.21. The van der Waals surface area contributed by atoms with Crippen molar-refractivity contribution in [3.8, 4) is 5.88 Å². The van der Waals surface area contributed by atoms with E-state index in [-0.39, 0.29) is 29.9 Å². The predicted molar refractivity (Wildman–Crippen MR) is 119 cm³/mol. The molecule has 2 heterocycles. The Morgan fingerprint density at radius 2 is 1.69 bits per heavy atom. The number of nitrogens with one attached hydrogen (secondary N) is 1. The molecule has 8 nitrogen and oxygen atoms in total. The molecule has 6 rings (SSSR count). The molecule has 4 bridgehead atoms. The number of piperidine rings is 1. The van der Waals surface area contributed by atoms with E-state index in [2.05, 4.69) is 15.3 Å². The molecule has 1 aliphatic heterocycles. The Kier molecular flexibility index (Phi) is 6.71. The van der Waals surface area contributed by atoms with Crippen LogP contribution in [0.15, 0.2) is 6.20 Å². The number of hydrogen-bond donors (Lipinski definition) is 2. The Morgan fingerprint density at radius 1 is 1.06 bits per heavy atom. The van der Waals surface area contributed by atoms with E-state index in [0.717, 1.165) is 37.5 Å². The zero-order chi connectivity index (χ0) is 24.7. The molecule has 0 atom stereocenters. The van der Waals surface area contributed by atoms with E-state index in [1.54, 1.807) is 0 Å². The van der Waals surface area contributed by atoms with Gasteiger partial charge in [0.1, 0.15) is 5.56 Å². The van der Waals surface area contributed by atoms with Crippen molar-refractivity contribution in [3.05, 3.63) is 11.8 Å². The number of likely N-dealkylation sites (tertiary alicyclic amines) is 1. The van der Waals surface area contributed by atoms with Gasteiger partial charge in [0.05, 0.1) is 18.7 Å². The number of carbonyl (C=O) groups is 2. The highest BCUT2D eigenvalue weighted by molar-refractivity contribution is 5.96. The highest BCUT2D eigenvalue weighted by Crippen LogP contribution is 2.53. The molecule has 0 unspecified atom stereocenters. The van der Waals surface area contributed by atoms with E-state index in [0.29, 0.717) is 44.3 Å². The molecule has 35 heavy (non-hydrogen) atoms. The Balaban J connectivity index is 1.25. The number of amides is 1. The molecule has 194 valence electrons. The van der Waals surface area contributed by atoms with Crippen LogP contribution in [0.3, 0.4) is 0 Å². The number of carbonyl (C=O) groups excluding carboxylic acids is 1. The number of rotatable bonds is 8. The second-order valence-electron chi connectivity index (χ2n) is 10.9. The van der Waals surface area contributed by atoms with Gasteiger partial charge in [0.2, 0.25) is 5.88 Å². The van der Waals surface area contributed by atoms with E-state index in [1.807, 2.05) is 0 Å². The highest BCUT2D eigenvalue weighted by atomic mass is 19.4. The first-order valence-electron chi connectivity index (χ1n) is 12.7. The number of alkyl halides is 3. The van der Waals surface area contributed by atoms with Crippen molar-refractivity contribution < 1.29 is 32.6 Å². The van der Waals surface area contributed by atoms with Crippen molar-refractivity contribution >= 4 is 11.9 Å². The lowest BCUT2D eigenvalue weighted by Gasteiger charge is -2.54. The van der Waals surface area contributed by atoms with Gasteiger partial charge in [0.15, 0.2) is 6.61 Å². The molecule has 1 aromatic rings. The summed E-state index contributed by atoms with van der Waals surface area (Å²) in [5.41, 5.74) is 0.0349. The predicted octanol–water partition coefficient (Wildman–Crippen LogP) is 3.18. The van der Waals surface area contributed by atoms with Gasteiger partial charge < -0.3 is 20.1 Å². The van der Waals surface area contributed by atoms with Crippen LogP contribution in [-0.4, -0.2) is 70.1 Å². The summed E-state index contributed by atoms with van der Waals surface area (Å²) < 4.78 is 45.3. The summed E-state index contributed by atoms with van der Waals surface area (Å²) in [7, 11) is 0. The van der Waals surface area contributed by atoms with E-state index >= 15 is 0 Å². The summed E-state index contributed by atoms with van der Waals surface area (Å²) in [6.45, 7) is 0.414. The van der Waals surface area contributed by atoms with Crippen molar-refractivity contribution in [1.29, 1.82) is 0 Å². The summed E-state index contributed by atoms with van der Waals surface area (Å²) in [6, 6.07) is 0.0599. The van der Waals surface area contributed by atoms with Crippen molar-refractivity contribution in [2.75, 3.05) is 26.2 Å². The van der Waals surface area contributed by atoms with Gasteiger partial charge in [-0.3, -0.25) is 9.59 Å². The molecule has 1 amide bonds. The van der Waals surface area contributed by atoms with Crippen molar-refractivity contribution in [2.24, 2.45) is 29.6 Å². The van der Waals surface area contributed by atoms with Crippen LogP contribution < -0.4 is 10.1 Å². The third-order valence-electron chi connectivity index (χ3n) is 8.50. The number of carboxylic acid groups (broad SMARTS) is 1. The van der Waals surface area contributed by atoms with Crippen LogP contribution in [0.25, 0.3) is 0 Å². The minimum absolute atomic E-state index is 0.0349. The van der Waals surface area contributed by atoms with E-state index in [9.17, 15) is 22.8 Å². The quantitative estimate of drug-likeness (QED) is 0.572. The molecular formula is C24H33F3N4O4. The Hall–Kier alpha value is -2.30. The van der Waals surface area contributed by atoms with Gasteiger partial charge in [-0.05, 0) is 81.7 Å². The number of ether oxygens (including phenoxy) is 1. The van der Waals surface area contributed by atoms with Crippen LogP contribution in [0.5, 0.6) is 5.88 Å². The fourth-order valence-electron chi connectivity index (χ4n) is 7.02. The summed E-state index contributed by atoms with van der Waals surface area (Å²) >= 11 is 0. The van der Waals surface area contributed by atoms with Crippen molar-refractivity contribution in [1.82, 2.24) is 20.0 Å². The second kappa shape index (κ2) is 9.63. The maximum absolute atomic E-state index is 13.2. The molecular weight excluding hydrogens is 465 g/mol. The fraction of sp³-hybridized carbons (Fsp3) is 0.792. The third kappa shape index (κ3) is 5.44. The van der Waals surface area contributed by atoms with Gasteiger partial charge in [-0.25, -0.2) is 4.68 Å². The van der Waals surface area contributed by atoms with Crippen LogP contribution in [-0.2, 0) is 11.3 Å². The number of carboxylic acids is 1. The summed E-state index contributed by atoms with van der Waals surface area (Å²) in [5.74, 6) is 0.644. The summed E-state index contributed by atoms with van der Waals surface area (Å²) in [6.07, 6.45) is 3.59. The molecule has 4 aliphatic carbocycles. The summed E-state index contributed by atoms with van der Waals surface area (Å²) in [5, 5.41) is 16.5. The van der Waals surface area contributed by atoms with Crippen LogP contribution >= 0.6 is 0 Å². The zero-order valence-corrected chi connectivity index (χ0v) is 19.7. The lowest BCUT2D eigenvalue weighted by Crippen LogP contribution is -2.55. The molecule has 0 radical (unpaired) electrons. The molecule has 2 N–H and O–H groups in total. The minimum Gasteiger partial charge on any atom is -0.481 e. The first kappa shape index (κ1) is 24.4. The standard InChI is InChI=1S/C24H33F3N4O4/c25-24(26,27)13-35-22-19(12-28-31(22)6-5-30-3-1-16(2-4-30)23(33)34)21(32)29-20-17-8-14-7-15(10-17)11-18(20)9-14/h12,14-18,20H,1-11,13H2,(H,29,32)(H,33,34). The van der Waals surface area contributed by atoms with Crippen molar-refractivity contribution in [2.45, 2.75) is 63.7 Å². The number of aromatic nitrogens is 2. The van der Waals surface area contributed by atoms with Gasteiger partial charge in [0, 0.05) is 12.6 Å². The minimum atomic E-state index is -4.54. The zero-order valence-electron chi connectivity index (χ0n) is 19.7. The van der Waals surface area contributed by atoms with Crippen molar-refractivity contribution in [3.63, 3.8) is 0 Å². The van der Waals surface area contributed by atoms with Crippen LogP contribution in [0, 0.1) is 29.6 Å². The fourth-order valence-corrected chi connectivity index (χ4v) is 7.02. The van der Waals surface area contributed by atoms with Gasteiger partial charge in [-0.2, -0.15) is 18.3 Å². The Bertz CT molecular complexity index is 914. The topological polar surface area (TPSA) is 96.7 Å². The van der Waals surface area contributed by atoms with E-state index in [4.69, 9.17) is 9.84 Å². The van der Waals surface area contributed by atoms with Gasteiger partial charge in [-0.1, -0.05) is 0 Å². The number of hydrogen-bond acceptors (Lipinski definition) is 5. The number of halogens is 3. The molecule has 0 aromatic carbocycles. The number of nitrogens with zero attached hydrogens (tertiary/aromatic N) is 3. The van der Waals surface area contributed by atoms with Gasteiger partial charge >= 0.3 is 12.1 Å². The molecule has 11 heteroatoms. The lowest BCUT2D eigenvalue weighted by molar-refractivity contribution is -0.154. The second-order valence-corrected chi connectivity index (χ2v) is 10.9. The van der Waals surface area contributed by atoms with Crippen LogP contribution in [0.2, 0.25) is 0 Å². The van der Waals surface area contributed by atoms with E-state index < -0.39 is 24.7 Å². The maximum atomic E-state index is 13.2. The first-order valence-corrected chi connectivity index (χ1v) is 12.7. The Morgan fingerprint density at radius 3 is 2.26 bits per heavy atom. The number of aliphatic carboxylic acids is 1. The maximum Gasteiger partial charge on any atom is 0.422 e. The van der Waals surface area contributed by atoms with Crippen LogP contribution in [0.1, 0.15) is 55.3 Å². The Labute approximate surface area is 202 Å². The molecule has 4 saturated carbocycles. The highest BCUT2D eigenvalue weighted by Gasteiger charge is 2.49. The van der Waals surface area contributed by atoms with Crippen LogP contribution in [0.4, 0.5) is 13.2 Å². The monoisotopic (exact) mass is 498 g/mol. The van der Waals surface area contributed by atoms with E-state index in [1.165, 1.54) is 17.3 Å². The first-order chi connectivity index (χ1) is 16.7. The van der Waals surface area contributed by atoms with Gasteiger partial charge in [-0.15, -0.1) is 0 Å². The molecule has 0 spiro atoms. The largest absolute Gasteiger partial charge is 0.481 e. The smallest absolute Gasteiger partial charge is 0.422 e. The average molecular weight is 499 g/mol. The molecule has 1 aromatic heterocycles. The molecule has 5 fully saturated rings. The SMILES string of the molecule is O=C(NC1C2CC3CC(C2)CC1C3)c1cnn(CCN2CCC(C(=O)O)CC2)c1OCC(F)(F)F. The lowest BCUT2D eigenvalue weighted by atomic mass is 9.54. The van der Waals surface area contributed by atoms with Gasteiger partial charge in [0.25, 0.3) is 5.91 Å². The third-order valence-corrected chi connectivity index (χ3v) is 8.50. The summed E-state index contributed by atoms with van der Waals surface area (Å²) in [4.78, 5) is 26.4. The molecule has 1 saturated heterocycles.